The fourth-order valence-corrected chi connectivity index (χ4v) is 0. The third-order valence-corrected chi connectivity index (χ3v) is 0. The van der Waals surface area contributed by atoms with Crippen molar-refractivity contribution in [2.75, 3.05) is 0 Å². The quantitative estimate of drug-likeness (QED) is 0.153. The molecule has 0 radical (unpaired) electrons. The predicted molar refractivity (Wildman–Crippen MR) is 60.6 cm³/mol. The van der Waals surface area contributed by atoms with Gasteiger partial charge in [0.05, 0.1) is 0 Å². The van der Waals surface area contributed by atoms with Gasteiger partial charge in [-0.25, -0.2) is 0 Å². The van der Waals surface area contributed by atoms with E-state index in [0.717, 1.165) is 0 Å². The van der Waals surface area contributed by atoms with Crippen molar-refractivity contribution in [1.82, 2.24) is 6.15 Å². The van der Waals surface area contributed by atoms with Crippen molar-refractivity contribution in [1.29, 1.82) is 0 Å². The maximum absolute atomic E-state index is 9.11. The van der Waals surface area contributed by atoms with Crippen LogP contribution in [0.15, 0.2) is 0 Å². The summed E-state index contributed by atoms with van der Waals surface area (Å²) in [5, 5.41) is 0. The van der Waals surface area contributed by atoms with Gasteiger partial charge in [-0.3, -0.25) is 13.7 Å². The molecule has 0 aliphatic carbocycles. The topological polar surface area (TPSA) is 147 Å². The normalized spacial score (nSPS) is 8.92. The van der Waals surface area contributed by atoms with Crippen LogP contribution in [-0.2, 0) is 29.4 Å². The van der Waals surface area contributed by atoms with E-state index < -0.39 is 18.2 Å². The molecule has 0 aromatic carbocycles. The van der Waals surface area contributed by atoms with Gasteiger partial charge in [0, 0.05) is 11.2 Å². The van der Waals surface area contributed by atoms with E-state index in [2.05, 4.69) is 22.8 Å². The summed E-state index contributed by atoms with van der Waals surface area (Å²) in [5.41, 5.74) is 0. The van der Waals surface area contributed by atoms with Crippen molar-refractivity contribution >= 4 is 100 Å². The molecule has 0 rings (SSSR count). The van der Waals surface area contributed by atoms with Gasteiger partial charge in [0.2, 0.25) is 0 Å². The summed E-state index contributed by atoms with van der Waals surface area (Å²) in [6.07, 6.45) is 0. The molecule has 0 saturated carbocycles. The molecule has 13 heteroatoms. The summed E-state index contributed by atoms with van der Waals surface area (Å²) in [4.78, 5) is 0. The molecular formula is H9NNa2O6S4. The van der Waals surface area contributed by atoms with Gasteiger partial charge in [0.1, 0.15) is 0 Å². The predicted octanol–water partition coefficient (Wildman–Crippen LogP) is -1.74. The molecule has 0 aliphatic heterocycles. The number of thiol groups is 1. The van der Waals surface area contributed by atoms with E-state index in [1.165, 1.54) is 0 Å². The van der Waals surface area contributed by atoms with Gasteiger partial charge in [0.15, 0.2) is 0 Å². The average molecular weight is 293 g/mol. The van der Waals surface area contributed by atoms with E-state index in [9.17, 15) is 0 Å². The van der Waals surface area contributed by atoms with Crippen LogP contribution < -0.4 is 6.15 Å². The Morgan fingerprint density at radius 1 is 1.00 bits per heavy atom. The monoisotopic (exact) mass is 293 g/mol. The molecule has 0 spiro atoms. The second kappa shape index (κ2) is 12.6. The van der Waals surface area contributed by atoms with Crippen LogP contribution in [0, 0.1) is 0 Å². The van der Waals surface area contributed by atoms with Gasteiger partial charge >= 0.3 is 68.3 Å². The zero-order valence-corrected chi connectivity index (χ0v) is 8.29. The van der Waals surface area contributed by atoms with Gasteiger partial charge < -0.3 is 6.15 Å². The molecular weight excluding hydrogens is 284 g/mol. The first-order chi connectivity index (χ1) is 4.00. The molecule has 0 atom stereocenters. The molecule has 13 heavy (non-hydrogen) atoms. The first kappa shape index (κ1) is 29.6. The molecule has 0 saturated heterocycles. The third-order valence-electron chi connectivity index (χ3n) is 0. The number of hydrogen-bond acceptors (Lipinski definition) is 5. The van der Waals surface area contributed by atoms with Crippen LogP contribution in [0.2, 0.25) is 0 Å². The van der Waals surface area contributed by atoms with E-state index in [-0.39, 0.29) is 65.3 Å². The average Bonchev–Trinajstić information content (AvgIpc) is 1.12. The fourth-order valence-electron chi connectivity index (χ4n) is 0. The summed E-state index contributed by atoms with van der Waals surface area (Å²) in [5.74, 6) is 0. The standard InChI is InChI=1S/H3N.2Na.2H2O3S2.2H/c;;;2*1-5(2,3)4;;/h1H3;;;2*(H2,1,2,3,4);;. The van der Waals surface area contributed by atoms with Crippen LogP contribution in [0.1, 0.15) is 0 Å². The van der Waals surface area contributed by atoms with E-state index in [0.29, 0.717) is 0 Å². The molecule has 0 heterocycles. The Kier molecular flexibility index (Phi) is 28.6. The van der Waals surface area contributed by atoms with Crippen LogP contribution in [0.5, 0.6) is 0 Å². The SMILES string of the molecule is N.O=S(=O)(O)S.O=S(O)(O)=S.[NaH].[NaH]. The van der Waals surface area contributed by atoms with Crippen LogP contribution >= 0.6 is 11.7 Å². The molecule has 0 aromatic heterocycles. The van der Waals surface area contributed by atoms with Gasteiger partial charge in [-0.05, 0) is 11.7 Å². The van der Waals surface area contributed by atoms with E-state index in [1.54, 1.807) is 0 Å². The van der Waals surface area contributed by atoms with Crippen molar-refractivity contribution < 1.29 is 26.3 Å². The Morgan fingerprint density at radius 2 is 1.00 bits per heavy atom. The molecule has 0 unspecified atom stereocenters. The number of hydrogen-bond donors (Lipinski definition) is 5. The summed E-state index contributed by atoms with van der Waals surface area (Å²) in [6, 6.07) is 0. The second-order valence-electron chi connectivity index (χ2n) is 0.896. The Hall–Kier alpha value is 2.51. The van der Waals surface area contributed by atoms with Crippen molar-refractivity contribution in [3.05, 3.63) is 0 Å². The Bertz CT molecular complexity index is 219. The molecule has 0 amide bonds. The third kappa shape index (κ3) is 360. The zero-order chi connectivity index (χ0) is 9.00. The molecule has 6 N–H and O–H groups in total. The Balaban J connectivity index is -0.0000000267. The minimum absolute atomic E-state index is 0. The maximum atomic E-state index is 9.11. The van der Waals surface area contributed by atoms with Crippen LogP contribution in [0.4, 0.5) is 0 Å². The van der Waals surface area contributed by atoms with Gasteiger partial charge in [-0.1, -0.05) is 0 Å². The Morgan fingerprint density at radius 3 is 1.00 bits per heavy atom. The molecule has 0 fully saturated rings. The van der Waals surface area contributed by atoms with Crippen molar-refractivity contribution in [2.45, 2.75) is 0 Å². The van der Waals surface area contributed by atoms with Crippen molar-refractivity contribution in [2.24, 2.45) is 0 Å². The molecule has 76 valence electrons. The molecule has 0 bridgehead atoms. The second-order valence-corrected chi connectivity index (χ2v) is 5.37. The Labute approximate surface area is 130 Å². The van der Waals surface area contributed by atoms with Gasteiger partial charge in [-0.15, -0.1) is 0 Å². The van der Waals surface area contributed by atoms with Gasteiger partial charge in [0.25, 0.3) is 9.05 Å². The van der Waals surface area contributed by atoms with Crippen molar-refractivity contribution in [3.63, 3.8) is 0 Å². The van der Waals surface area contributed by atoms with E-state index in [4.69, 9.17) is 26.3 Å². The zero-order valence-electron chi connectivity index (χ0n) is 4.95. The van der Waals surface area contributed by atoms with Crippen molar-refractivity contribution in [3.8, 4) is 0 Å². The van der Waals surface area contributed by atoms with E-state index >= 15 is 0 Å². The fraction of sp³-hybridized carbons (Fsp3) is 0. The summed E-state index contributed by atoms with van der Waals surface area (Å²) in [6.45, 7) is 0. The summed E-state index contributed by atoms with van der Waals surface area (Å²) < 4.78 is 49.4. The van der Waals surface area contributed by atoms with Crippen LogP contribution in [0.25, 0.3) is 0 Å². The van der Waals surface area contributed by atoms with Gasteiger partial charge in [-0.2, -0.15) is 12.6 Å². The van der Waals surface area contributed by atoms with Crippen LogP contribution in [0.3, 0.4) is 0 Å². The first-order valence-electron chi connectivity index (χ1n) is 1.40. The summed E-state index contributed by atoms with van der Waals surface area (Å²) in [7, 11) is -7.81. The van der Waals surface area contributed by atoms with E-state index in [1.807, 2.05) is 0 Å². The molecule has 0 aromatic rings. The molecule has 7 nitrogen and oxygen atoms in total. The minimum atomic E-state index is -3.97. The first-order valence-corrected chi connectivity index (χ1v) is 6.29. The molecule has 0 aliphatic rings. The summed E-state index contributed by atoms with van der Waals surface area (Å²) >= 11 is 6.12. The number of rotatable bonds is 0. The van der Waals surface area contributed by atoms with Crippen LogP contribution in [-0.4, -0.2) is 85.4 Å².